The van der Waals surface area contributed by atoms with Crippen molar-refractivity contribution in [2.75, 3.05) is 6.61 Å². The highest BCUT2D eigenvalue weighted by atomic mass is 16.5. The minimum absolute atomic E-state index is 0.861. The van der Waals surface area contributed by atoms with Gasteiger partial charge in [0.25, 0.3) is 0 Å². The average molecular weight is 471 g/mol. The minimum Gasteiger partial charge on any atom is -0.494 e. The fourth-order valence-electron chi connectivity index (χ4n) is 4.65. The molecule has 0 bridgehead atoms. The zero-order chi connectivity index (χ0) is 24.2. The van der Waals surface area contributed by atoms with Crippen LogP contribution in [-0.2, 0) is 0 Å². The third kappa shape index (κ3) is 22.5. The molecule has 0 saturated carbocycles. The van der Waals surface area contributed by atoms with Crippen LogP contribution in [0, 0.1) is 0 Å². The normalized spacial score (nSPS) is 11.4. The van der Waals surface area contributed by atoms with Crippen molar-refractivity contribution >= 4 is 0 Å². The molecule has 0 aromatic heterocycles. The van der Waals surface area contributed by atoms with Gasteiger partial charge in [0.1, 0.15) is 5.75 Å². The molecule has 0 aliphatic heterocycles. The molecule has 1 rings (SSSR count). The third-order valence-corrected chi connectivity index (χ3v) is 6.92. The minimum atomic E-state index is 0.861. The molecule has 196 valence electrons. The maximum Gasteiger partial charge on any atom is 0.119 e. The molecule has 0 saturated heterocycles. The molecule has 0 radical (unpaired) electrons. The van der Waals surface area contributed by atoms with Gasteiger partial charge in [-0.3, -0.25) is 0 Å². The Morgan fingerprint density at radius 2 is 0.853 bits per heavy atom. The number of hydrogen-bond donors (Lipinski definition) is 0. The van der Waals surface area contributed by atoms with Gasteiger partial charge in [-0.15, -0.1) is 0 Å². The van der Waals surface area contributed by atoms with Gasteiger partial charge < -0.3 is 4.74 Å². The van der Waals surface area contributed by atoms with E-state index in [-0.39, 0.29) is 0 Å². The summed E-state index contributed by atoms with van der Waals surface area (Å²) in [6.45, 7) is 3.15. The second kappa shape index (κ2) is 26.4. The molecule has 1 aromatic rings. The molecule has 0 spiro atoms. The molecule has 0 N–H and O–H groups in total. The van der Waals surface area contributed by atoms with E-state index in [1.54, 1.807) is 0 Å². The van der Waals surface area contributed by atoms with Gasteiger partial charge in [-0.2, -0.15) is 0 Å². The van der Waals surface area contributed by atoms with Crippen LogP contribution in [0.4, 0.5) is 0 Å². The Balaban J connectivity index is 1.66. The van der Waals surface area contributed by atoms with Crippen molar-refractivity contribution in [1.82, 2.24) is 0 Å². The predicted octanol–water partition coefficient (Wildman–Crippen LogP) is 11.6. The molecule has 0 aliphatic rings. The number of benzene rings is 1. The standard InChI is InChI=1S/C33H58O/c1-2-3-4-5-6-7-8-9-10-11-12-13-14-15-16-17-18-19-20-21-22-23-24-25-29-32-34-33-30-27-26-28-31-33/h9-10,26-28,30-31H,2-8,11-25,29,32H2,1H3/b10-9-. The average Bonchev–Trinajstić information content (AvgIpc) is 2.87. The highest BCUT2D eigenvalue weighted by molar-refractivity contribution is 5.20. The van der Waals surface area contributed by atoms with E-state index in [2.05, 4.69) is 19.1 Å². The maximum absolute atomic E-state index is 5.76. The number of ether oxygens (including phenoxy) is 1. The Morgan fingerprint density at radius 3 is 1.29 bits per heavy atom. The Bertz CT molecular complexity index is 521. The number of hydrogen-bond acceptors (Lipinski definition) is 1. The second-order valence-corrected chi connectivity index (χ2v) is 10.3. The summed E-state index contributed by atoms with van der Waals surface area (Å²) in [5, 5.41) is 0. The summed E-state index contributed by atoms with van der Waals surface area (Å²) in [5.74, 6) is 1.00. The van der Waals surface area contributed by atoms with Crippen molar-refractivity contribution < 1.29 is 4.74 Å². The number of rotatable bonds is 26. The van der Waals surface area contributed by atoms with E-state index in [4.69, 9.17) is 4.74 Å². The van der Waals surface area contributed by atoms with E-state index in [9.17, 15) is 0 Å². The van der Waals surface area contributed by atoms with Crippen LogP contribution in [0.1, 0.15) is 155 Å². The fraction of sp³-hybridized carbons (Fsp3) is 0.758. The maximum atomic E-state index is 5.76. The molecule has 0 unspecified atom stereocenters. The largest absolute Gasteiger partial charge is 0.494 e. The van der Waals surface area contributed by atoms with Gasteiger partial charge in [0.2, 0.25) is 0 Å². The summed E-state index contributed by atoms with van der Waals surface area (Å²) in [4.78, 5) is 0. The van der Waals surface area contributed by atoms with E-state index >= 15 is 0 Å². The summed E-state index contributed by atoms with van der Waals surface area (Å²) >= 11 is 0. The Labute approximate surface area is 214 Å². The molecular formula is C33H58O. The van der Waals surface area contributed by atoms with Crippen LogP contribution in [0.25, 0.3) is 0 Å². The smallest absolute Gasteiger partial charge is 0.119 e. The van der Waals surface area contributed by atoms with Crippen LogP contribution in [0.2, 0.25) is 0 Å². The monoisotopic (exact) mass is 470 g/mol. The van der Waals surface area contributed by atoms with Gasteiger partial charge in [-0.1, -0.05) is 153 Å². The molecule has 1 heteroatoms. The summed E-state index contributed by atoms with van der Waals surface area (Å²) < 4.78 is 5.76. The second-order valence-electron chi connectivity index (χ2n) is 10.3. The molecule has 34 heavy (non-hydrogen) atoms. The van der Waals surface area contributed by atoms with Gasteiger partial charge in [-0.05, 0) is 44.2 Å². The third-order valence-electron chi connectivity index (χ3n) is 6.92. The predicted molar refractivity (Wildman–Crippen MR) is 153 cm³/mol. The molecule has 0 fully saturated rings. The lowest BCUT2D eigenvalue weighted by Crippen LogP contribution is -1.96. The van der Waals surface area contributed by atoms with Crippen molar-refractivity contribution in [1.29, 1.82) is 0 Å². The molecule has 0 atom stereocenters. The van der Waals surface area contributed by atoms with Gasteiger partial charge >= 0.3 is 0 Å². The lowest BCUT2D eigenvalue weighted by molar-refractivity contribution is 0.304. The lowest BCUT2D eigenvalue weighted by Gasteiger charge is -2.06. The number of para-hydroxylation sites is 1. The van der Waals surface area contributed by atoms with Crippen LogP contribution in [-0.4, -0.2) is 6.61 Å². The van der Waals surface area contributed by atoms with Crippen molar-refractivity contribution in [2.45, 2.75) is 155 Å². The van der Waals surface area contributed by atoms with E-state index in [1.807, 2.05) is 30.3 Å². The number of unbranched alkanes of at least 4 members (excludes halogenated alkanes) is 21. The van der Waals surface area contributed by atoms with Gasteiger partial charge in [-0.25, -0.2) is 0 Å². The molecule has 0 aliphatic carbocycles. The zero-order valence-electron chi connectivity index (χ0n) is 22.9. The first-order chi connectivity index (χ1) is 16.9. The van der Waals surface area contributed by atoms with Gasteiger partial charge in [0.15, 0.2) is 0 Å². The molecule has 1 nitrogen and oxygen atoms in total. The fourth-order valence-corrected chi connectivity index (χ4v) is 4.65. The van der Waals surface area contributed by atoms with E-state index in [0.717, 1.165) is 12.4 Å². The lowest BCUT2D eigenvalue weighted by atomic mass is 10.0. The molecular weight excluding hydrogens is 412 g/mol. The Morgan fingerprint density at radius 1 is 0.471 bits per heavy atom. The van der Waals surface area contributed by atoms with Crippen LogP contribution in [0.3, 0.4) is 0 Å². The highest BCUT2D eigenvalue weighted by Gasteiger charge is 1.96. The van der Waals surface area contributed by atoms with Gasteiger partial charge in [0, 0.05) is 0 Å². The first-order valence-electron chi connectivity index (χ1n) is 15.3. The molecule has 1 aromatic carbocycles. The molecule has 0 heterocycles. The Kier molecular flexibility index (Phi) is 23.9. The van der Waals surface area contributed by atoms with Crippen molar-refractivity contribution in [2.24, 2.45) is 0 Å². The zero-order valence-corrected chi connectivity index (χ0v) is 22.9. The van der Waals surface area contributed by atoms with Crippen molar-refractivity contribution in [3.63, 3.8) is 0 Å². The van der Waals surface area contributed by atoms with E-state index in [1.165, 1.54) is 148 Å². The van der Waals surface area contributed by atoms with Crippen molar-refractivity contribution in [3.05, 3.63) is 42.5 Å². The summed E-state index contributed by atoms with van der Waals surface area (Å²) in [7, 11) is 0. The van der Waals surface area contributed by atoms with Gasteiger partial charge in [0.05, 0.1) is 6.61 Å². The van der Waals surface area contributed by atoms with Crippen molar-refractivity contribution in [3.8, 4) is 5.75 Å². The van der Waals surface area contributed by atoms with E-state index < -0.39 is 0 Å². The van der Waals surface area contributed by atoms with E-state index in [0.29, 0.717) is 0 Å². The Hall–Kier alpha value is -1.24. The topological polar surface area (TPSA) is 9.23 Å². The quantitative estimate of drug-likeness (QED) is 0.0965. The summed E-state index contributed by atoms with van der Waals surface area (Å²) in [6.07, 6.45) is 37.1. The first-order valence-corrected chi connectivity index (χ1v) is 15.3. The SMILES string of the molecule is CCCCCCCC/C=C\CCCCCCCCCCCCCCCCCOc1ccccc1. The number of allylic oxidation sites excluding steroid dienone is 2. The van der Waals surface area contributed by atoms with Crippen LogP contribution >= 0.6 is 0 Å². The van der Waals surface area contributed by atoms with Crippen LogP contribution in [0.5, 0.6) is 5.75 Å². The highest BCUT2D eigenvalue weighted by Crippen LogP contribution is 2.15. The van der Waals surface area contributed by atoms with Crippen LogP contribution < -0.4 is 4.74 Å². The first kappa shape index (κ1) is 30.8. The summed E-state index contributed by atoms with van der Waals surface area (Å²) in [5.41, 5.74) is 0. The van der Waals surface area contributed by atoms with Crippen LogP contribution in [0.15, 0.2) is 42.5 Å². The molecule has 0 amide bonds. The summed E-state index contributed by atoms with van der Waals surface area (Å²) in [6, 6.07) is 10.2.